The number of carbonyl (C=O) groups is 2. The number of hydrogen-bond donors (Lipinski definition) is 1. The average molecular weight is 496 g/mol. The van der Waals surface area contributed by atoms with Crippen molar-refractivity contribution in [2.75, 3.05) is 60.1 Å². The van der Waals surface area contributed by atoms with Crippen LogP contribution in [-0.4, -0.2) is 87.7 Å². The van der Waals surface area contributed by atoms with Gasteiger partial charge in [0.1, 0.15) is 6.54 Å². The summed E-state index contributed by atoms with van der Waals surface area (Å²) in [5, 5.41) is 3.39. The van der Waals surface area contributed by atoms with Gasteiger partial charge in [0.05, 0.1) is 19.1 Å². The molecule has 2 unspecified atom stereocenters. The molecule has 2 aliphatic rings. The van der Waals surface area contributed by atoms with Gasteiger partial charge in [-0.05, 0) is 26.2 Å². The first-order valence-electron chi connectivity index (χ1n) is 9.49. The largest absolute Gasteiger partial charge is 0.466 e. The van der Waals surface area contributed by atoms with Crippen LogP contribution in [0, 0.1) is 11.8 Å². The molecular formula is C18H33IN4O4. The van der Waals surface area contributed by atoms with Crippen molar-refractivity contribution in [3.05, 3.63) is 0 Å². The highest BCUT2D eigenvalue weighted by Crippen LogP contribution is 2.18. The molecule has 0 saturated carbocycles. The van der Waals surface area contributed by atoms with Gasteiger partial charge in [0.15, 0.2) is 5.96 Å². The standard InChI is InChI=1S/C18H32N4O4.HI/c1-4-26-17(24)15-6-5-8-22(12-15)18(20-11-16(23)21(2)3)19-10-14-7-9-25-13-14;/h14-15H,4-13H2,1-3H3,(H,19,20);1H. The third-order valence-corrected chi connectivity index (χ3v) is 4.78. The van der Waals surface area contributed by atoms with Crippen LogP contribution in [0.15, 0.2) is 4.99 Å². The summed E-state index contributed by atoms with van der Waals surface area (Å²) in [6.45, 7) is 6.01. The van der Waals surface area contributed by atoms with Gasteiger partial charge in [-0.3, -0.25) is 9.59 Å². The minimum atomic E-state index is -0.148. The molecule has 1 N–H and O–H groups in total. The molecule has 156 valence electrons. The Labute approximate surface area is 179 Å². The van der Waals surface area contributed by atoms with E-state index in [1.807, 2.05) is 6.92 Å². The molecule has 2 fully saturated rings. The van der Waals surface area contributed by atoms with Crippen molar-refractivity contribution in [2.45, 2.75) is 26.2 Å². The Morgan fingerprint density at radius 1 is 1.33 bits per heavy atom. The van der Waals surface area contributed by atoms with Crippen LogP contribution in [-0.2, 0) is 19.1 Å². The third-order valence-electron chi connectivity index (χ3n) is 4.78. The number of guanidine groups is 1. The Hall–Kier alpha value is -1.10. The molecule has 2 heterocycles. The lowest BCUT2D eigenvalue weighted by molar-refractivity contribution is -0.149. The molecule has 0 aromatic carbocycles. The number of piperidine rings is 1. The summed E-state index contributed by atoms with van der Waals surface area (Å²) >= 11 is 0. The summed E-state index contributed by atoms with van der Waals surface area (Å²) in [5.74, 6) is 0.809. The predicted octanol–water partition coefficient (Wildman–Crippen LogP) is 0.950. The molecule has 2 atom stereocenters. The highest BCUT2D eigenvalue weighted by atomic mass is 127. The highest BCUT2D eigenvalue weighted by Gasteiger charge is 2.29. The lowest BCUT2D eigenvalue weighted by Gasteiger charge is -2.34. The minimum Gasteiger partial charge on any atom is -0.466 e. The molecule has 0 radical (unpaired) electrons. The summed E-state index contributed by atoms with van der Waals surface area (Å²) in [7, 11) is 3.44. The lowest BCUT2D eigenvalue weighted by atomic mass is 9.98. The van der Waals surface area contributed by atoms with Gasteiger partial charge in [-0.15, -0.1) is 24.0 Å². The van der Waals surface area contributed by atoms with Crippen LogP contribution in [0.1, 0.15) is 26.2 Å². The Bertz CT molecular complexity index is 510. The van der Waals surface area contributed by atoms with E-state index < -0.39 is 0 Å². The summed E-state index contributed by atoms with van der Waals surface area (Å²) < 4.78 is 10.6. The van der Waals surface area contributed by atoms with E-state index in [1.165, 1.54) is 4.90 Å². The molecule has 27 heavy (non-hydrogen) atoms. The molecule has 9 heteroatoms. The quantitative estimate of drug-likeness (QED) is 0.255. The number of likely N-dealkylation sites (tertiary alicyclic amines) is 1. The van der Waals surface area contributed by atoms with E-state index in [2.05, 4.69) is 15.2 Å². The fourth-order valence-electron chi connectivity index (χ4n) is 3.15. The third kappa shape index (κ3) is 7.81. The second-order valence-corrected chi connectivity index (χ2v) is 7.08. The topological polar surface area (TPSA) is 83.5 Å². The van der Waals surface area contributed by atoms with Crippen LogP contribution in [0.2, 0.25) is 0 Å². The van der Waals surface area contributed by atoms with Crippen LogP contribution in [0.4, 0.5) is 0 Å². The minimum absolute atomic E-state index is 0. The normalized spacial score (nSPS) is 22.8. The fourth-order valence-corrected chi connectivity index (χ4v) is 3.15. The first-order chi connectivity index (χ1) is 12.5. The van der Waals surface area contributed by atoms with Gasteiger partial charge >= 0.3 is 5.97 Å². The van der Waals surface area contributed by atoms with E-state index in [0.717, 1.165) is 45.6 Å². The zero-order valence-electron chi connectivity index (χ0n) is 16.6. The number of likely N-dealkylation sites (N-methyl/N-ethyl adjacent to an activating group) is 1. The Morgan fingerprint density at radius 3 is 2.74 bits per heavy atom. The van der Waals surface area contributed by atoms with E-state index in [1.54, 1.807) is 14.1 Å². The van der Waals surface area contributed by atoms with E-state index in [9.17, 15) is 9.59 Å². The van der Waals surface area contributed by atoms with E-state index in [-0.39, 0.29) is 48.3 Å². The number of esters is 1. The van der Waals surface area contributed by atoms with Gasteiger partial charge in [0.2, 0.25) is 5.91 Å². The summed E-state index contributed by atoms with van der Waals surface area (Å²) in [4.78, 5) is 32.2. The van der Waals surface area contributed by atoms with Crippen LogP contribution >= 0.6 is 24.0 Å². The molecular weight excluding hydrogens is 463 g/mol. The summed E-state index contributed by atoms with van der Waals surface area (Å²) in [6, 6.07) is 0. The molecule has 1 amide bonds. The number of aliphatic imine (C=N–C) groups is 1. The number of halogens is 1. The second kappa shape index (κ2) is 12.4. The Morgan fingerprint density at radius 2 is 2.11 bits per heavy atom. The van der Waals surface area contributed by atoms with Crippen molar-refractivity contribution < 1.29 is 19.1 Å². The number of rotatable bonds is 6. The second-order valence-electron chi connectivity index (χ2n) is 7.08. The number of carbonyl (C=O) groups excluding carboxylic acids is 2. The van der Waals surface area contributed by atoms with Crippen molar-refractivity contribution >= 4 is 41.8 Å². The smallest absolute Gasteiger partial charge is 0.310 e. The molecule has 2 rings (SSSR count). The van der Waals surface area contributed by atoms with Gasteiger partial charge in [-0.25, -0.2) is 4.99 Å². The number of nitrogens with one attached hydrogen (secondary N) is 1. The van der Waals surface area contributed by atoms with Crippen molar-refractivity contribution in [1.82, 2.24) is 15.1 Å². The van der Waals surface area contributed by atoms with Gasteiger partial charge in [-0.1, -0.05) is 0 Å². The molecule has 0 spiro atoms. The van der Waals surface area contributed by atoms with E-state index in [4.69, 9.17) is 9.47 Å². The summed E-state index contributed by atoms with van der Waals surface area (Å²) in [6.07, 6.45) is 2.76. The molecule has 2 aliphatic heterocycles. The maximum Gasteiger partial charge on any atom is 0.310 e. The Kier molecular flexibility index (Phi) is 11.0. The van der Waals surface area contributed by atoms with E-state index >= 15 is 0 Å². The lowest BCUT2D eigenvalue weighted by Crippen LogP contribution is -2.49. The molecule has 0 bridgehead atoms. The maximum atomic E-state index is 12.1. The average Bonchev–Trinajstić information content (AvgIpc) is 3.15. The van der Waals surface area contributed by atoms with Crippen molar-refractivity contribution in [3.63, 3.8) is 0 Å². The zero-order valence-corrected chi connectivity index (χ0v) is 18.9. The van der Waals surface area contributed by atoms with Crippen LogP contribution in [0.25, 0.3) is 0 Å². The monoisotopic (exact) mass is 496 g/mol. The molecule has 0 aromatic rings. The van der Waals surface area contributed by atoms with Crippen molar-refractivity contribution in [2.24, 2.45) is 16.8 Å². The van der Waals surface area contributed by atoms with Gasteiger partial charge in [0.25, 0.3) is 0 Å². The van der Waals surface area contributed by atoms with Crippen molar-refractivity contribution in [3.8, 4) is 0 Å². The number of hydrogen-bond acceptors (Lipinski definition) is 5. The number of ether oxygens (including phenoxy) is 2. The van der Waals surface area contributed by atoms with Gasteiger partial charge < -0.3 is 24.6 Å². The zero-order chi connectivity index (χ0) is 18.9. The first kappa shape index (κ1) is 23.9. The van der Waals surface area contributed by atoms with Gasteiger partial charge in [-0.2, -0.15) is 0 Å². The van der Waals surface area contributed by atoms with Crippen LogP contribution < -0.4 is 5.32 Å². The first-order valence-corrected chi connectivity index (χ1v) is 9.49. The Balaban J connectivity index is 0.00000364. The molecule has 2 saturated heterocycles. The summed E-state index contributed by atoms with van der Waals surface area (Å²) in [5.41, 5.74) is 0. The van der Waals surface area contributed by atoms with Gasteiger partial charge in [0, 0.05) is 46.3 Å². The molecule has 8 nitrogen and oxygen atoms in total. The van der Waals surface area contributed by atoms with E-state index in [0.29, 0.717) is 25.0 Å². The molecule has 0 aromatic heterocycles. The number of nitrogens with zero attached hydrogens (tertiary/aromatic N) is 3. The van der Waals surface area contributed by atoms with Crippen molar-refractivity contribution in [1.29, 1.82) is 0 Å². The fraction of sp³-hybridized carbons (Fsp3) is 0.833. The van der Waals surface area contributed by atoms with Crippen LogP contribution in [0.3, 0.4) is 0 Å². The van der Waals surface area contributed by atoms with Crippen LogP contribution in [0.5, 0.6) is 0 Å². The highest BCUT2D eigenvalue weighted by molar-refractivity contribution is 14.0. The predicted molar refractivity (Wildman–Crippen MR) is 114 cm³/mol. The maximum absolute atomic E-state index is 12.1. The number of amides is 1. The SMILES string of the molecule is CCOC(=O)C1CCCN(C(=NCC(=O)N(C)C)NCC2CCOC2)C1.I. The molecule has 0 aliphatic carbocycles.